The lowest BCUT2D eigenvalue weighted by Gasteiger charge is -2.34. The van der Waals surface area contributed by atoms with Crippen LogP contribution in [-0.2, 0) is 5.41 Å². The van der Waals surface area contributed by atoms with Crippen LogP contribution < -0.4 is 0 Å². The van der Waals surface area contributed by atoms with E-state index in [1.54, 1.807) is 6.08 Å². The maximum absolute atomic E-state index is 5.17. The van der Waals surface area contributed by atoms with Gasteiger partial charge < -0.3 is 0 Å². The highest BCUT2D eigenvalue weighted by molar-refractivity contribution is 6.18. The molecule has 1 aromatic heterocycles. The predicted molar refractivity (Wildman–Crippen MR) is 241 cm³/mol. The molecule has 1 atom stereocenters. The predicted octanol–water partition coefficient (Wildman–Crippen LogP) is 13.8. The molecule has 3 aliphatic carbocycles. The van der Waals surface area contributed by atoms with Gasteiger partial charge in [-0.25, -0.2) is 15.0 Å². The van der Waals surface area contributed by atoms with Crippen LogP contribution in [0.4, 0.5) is 0 Å². The Morgan fingerprint density at radius 2 is 1.26 bits per heavy atom. The largest absolute Gasteiger partial charge is 0.208 e. The number of hydrogen-bond acceptors (Lipinski definition) is 3. The second-order valence-electron chi connectivity index (χ2n) is 15.3. The minimum absolute atomic E-state index is 0.451. The molecule has 8 aromatic rings. The van der Waals surface area contributed by atoms with Crippen molar-refractivity contribution in [2.75, 3.05) is 0 Å². The maximum atomic E-state index is 5.17. The molecule has 1 unspecified atom stereocenters. The third kappa shape index (κ3) is 4.90. The van der Waals surface area contributed by atoms with Crippen LogP contribution in [0.1, 0.15) is 47.8 Å². The van der Waals surface area contributed by atoms with Crippen molar-refractivity contribution in [3.8, 4) is 45.0 Å². The van der Waals surface area contributed by atoms with Crippen LogP contribution in [0.3, 0.4) is 0 Å². The lowest BCUT2D eigenvalue weighted by molar-refractivity contribution is 0.720. The zero-order chi connectivity index (χ0) is 38.8. The first-order valence-corrected chi connectivity index (χ1v) is 20.2. The summed E-state index contributed by atoms with van der Waals surface area (Å²) in [7, 11) is 0. The minimum Gasteiger partial charge on any atom is -0.208 e. The van der Waals surface area contributed by atoms with Gasteiger partial charge in [0.2, 0.25) is 0 Å². The smallest absolute Gasteiger partial charge is 0.164 e. The third-order valence-electron chi connectivity index (χ3n) is 12.3. The highest BCUT2D eigenvalue weighted by Crippen LogP contribution is 2.66. The first-order chi connectivity index (χ1) is 28.7. The van der Waals surface area contributed by atoms with Crippen molar-refractivity contribution in [3.63, 3.8) is 0 Å². The van der Waals surface area contributed by atoms with Crippen LogP contribution in [0, 0.1) is 0 Å². The molecule has 0 saturated heterocycles. The van der Waals surface area contributed by atoms with Crippen molar-refractivity contribution < 1.29 is 0 Å². The number of fused-ring (bicyclic) bond motifs is 14. The Labute approximate surface area is 338 Å². The monoisotopic (exact) mass is 741 g/mol. The molecule has 7 aromatic carbocycles. The fourth-order valence-electron chi connectivity index (χ4n) is 10.1. The number of hydrogen-bond donors (Lipinski definition) is 0. The molecule has 3 heteroatoms. The number of nitrogens with zero attached hydrogens (tertiary/aromatic N) is 3. The quantitative estimate of drug-likeness (QED) is 0.126. The van der Waals surface area contributed by atoms with E-state index < -0.39 is 5.41 Å². The lowest BCUT2D eigenvalue weighted by Crippen LogP contribution is -2.28. The molecule has 1 spiro atoms. The zero-order valence-electron chi connectivity index (χ0n) is 32.3. The molecule has 3 nitrogen and oxygen atoms in total. The first-order valence-electron chi connectivity index (χ1n) is 20.2. The third-order valence-corrected chi connectivity index (χ3v) is 12.3. The molecule has 0 radical (unpaired) electrons. The zero-order valence-corrected chi connectivity index (χ0v) is 32.3. The molecule has 11 rings (SSSR count). The summed E-state index contributed by atoms with van der Waals surface area (Å²) in [6.07, 6.45) is 14.6. The Kier molecular flexibility index (Phi) is 7.90. The summed E-state index contributed by atoms with van der Waals surface area (Å²) in [5.74, 6) is 1.86. The van der Waals surface area contributed by atoms with E-state index in [9.17, 15) is 0 Å². The standard InChI is InChI=1S/C55H39N3/c1-3-18-35(19-4-2)52-56-53(36-20-6-5-7-21-36)58-54(57-52)45-28-13-8-22-38(45)37-32-33-42-41-25-14-16-30-47(41)55(49(42)34-37)48-31-17-15-29-46(48)50-43-26-11-9-23-39(43)40-24-10-12-27-44(40)51(50)55/h3-16,18-30,32-34H,1,17,31H2,2H3/b19-4-,35-18+. The molecular weight excluding hydrogens is 703 g/mol. The molecule has 0 fully saturated rings. The molecule has 274 valence electrons. The summed E-state index contributed by atoms with van der Waals surface area (Å²) in [6, 6.07) is 53.1. The summed E-state index contributed by atoms with van der Waals surface area (Å²) in [5, 5.41) is 5.25. The number of benzene rings is 7. The Balaban J connectivity index is 1.19. The number of aromatic nitrogens is 3. The SMILES string of the molecule is C=C/C=C(\C=C/C)c1nc(-c2ccccc2)nc(-c2ccccc2-c2ccc3c(c2)C2(C4=C(C=CCC4)c4c2c2ccccc2c2ccccc42)c2ccccc2-3)n1. The van der Waals surface area contributed by atoms with Gasteiger partial charge in [-0.05, 0) is 103 Å². The molecule has 58 heavy (non-hydrogen) atoms. The summed E-state index contributed by atoms with van der Waals surface area (Å²) in [5.41, 5.74) is 15.5. The van der Waals surface area contributed by atoms with E-state index in [4.69, 9.17) is 15.0 Å². The molecule has 0 aliphatic heterocycles. The van der Waals surface area contributed by atoms with Gasteiger partial charge in [-0.15, -0.1) is 0 Å². The molecule has 0 bridgehead atoms. The fourth-order valence-corrected chi connectivity index (χ4v) is 10.1. The van der Waals surface area contributed by atoms with Gasteiger partial charge in [0.1, 0.15) is 0 Å². The van der Waals surface area contributed by atoms with Crippen molar-refractivity contribution in [3.05, 3.63) is 222 Å². The van der Waals surface area contributed by atoms with Gasteiger partial charge in [0.05, 0.1) is 5.41 Å². The average Bonchev–Trinajstić information content (AvgIpc) is 3.77. The molecular formula is C55H39N3. The lowest BCUT2D eigenvalue weighted by atomic mass is 9.66. The van der Waals surface area contributed by atoms with Crippen molar-refractivity contribution >= 4 is 32.7 Å². The van der Waals surface area contributed by atoms with Crippen LogP contribution in [0.2, 0.25) is 0 Å². The van der Waals surface area contributed by atoms with Gasteiger partial charge in [0, 0.05) is 16.7 Å². The maximum Gasteiger partial charge on any atom is 0.164 e. The Morgan fingerprint density at radius 3 is 2.05 bits per heavy atom. The van der Waals surface area contributed by atoms with Gasteiger partial charge in [-0.2, -0.15) is 0 Å². The highest BCUT2D eigenvalue weighted by Gasteiger charge is 2.54. The fraction of sp³-hybridized carbons (Fsp3) is 0.0727. The minimum atomic E-state index is -0.451. The van der Waals surface area contributed by atoms with E-state index in [2.05, 4.69) is 146 Å². The Bertz CT molecular complexity index is 3140. The molecule has 1 heterocycles. The van der Waals surface area contributed by atoms with E-state index in [-0.39, 0.29) is 0 Å². The van der Waals surface area contributed by atoms with Gasteiger partial charge in [-0.1, -0.05) is 183 Å². The van der Waals surface area contributed by atoms with Crippen molar-refractivity contribution in [2.24, 2.45) is 0 Å². The van der Waals surface area contributed by atoms with E-state index in [0.717, 1.165) is 40.7 Å². The molecule has 0 N–H and O–H groups in total. The van der Waals surface area contributed by atoms with Crippen LogP contribution in [0.15, 0.2) is 194 Å². The van der Waals surface area contributed by atoms with E-state index >= 15 is 0 Å². The summed E-state index contributed by atoms with van der Waals surface area (Å²) >= 11 is 0. The normalized spacial score (nSPS) is 16.6. The van der Waals surface area contributed by atoms with Crippen LogP contribution in [0.5, 0.6) is 0 Å². The molecule has 3 aliphatic rings. The van der Waals surface area contributed by atoms with Crippen molar-refractivity contribution in [2.45, 2.75) is 25.2 Å². The Morgan fingerprint density at radius 1 is 0.603 bits per heavy atom. The molecule has 0 amide bonds. The van der Waals surface area contributed by atoms with E-state index in [0.29, 0.717) is 17.5 Å². The van der Waals surface area contributed by atoms with Crippen LogP contribution in [-0.4, -0.2) is 15.0 Å². The second kappa shape index (κ2) is 13.5. The summed E-state index contributed by atoms with van der Waals surface area (Å²) < 4.78 is 0. The topological polar surface area (TPSA) is 38.7 Å². The average molecular weight is 742 g/mol. The van der Waals surface area contributed by atoms with E-state index in [1.807, 2.05) is 43.4 Å². The van der Waals surface area contributed by atoms with Crippen LogP contribution >= 0.6 is 0 Å². The van der Waals surface area contributed by atoms with Crippen molar-refractivity contribution in [1.82, 2.24) is 15.0 Å². The number of rotatable bonds is 6. The Hall–Kier alpha value is -7.23. The second-order valence-corrected chi connectivity index (χ2v) is 15.3. The van der Waals surface area contributed by atoms with Crippen molar-refractivity contribution in [1.29, 1.82) is 0 Å². The van der Waals surface area contributed by atoms with Gasteiger partial charge >= 0.3 is 0 Å². The van der Waals surface area contributed by atoms with Gasteiger partial charge in [0.15, 0.2) is 17.5 Å². The van der Waals surface area contributed by atoms with Crippen LogP contribution in [0.25, 0.3) is 77.7 Å². The summed E-state index contributed by atoms with van der Waals surface area (Å²) in [6.45, 7) is 5.98. The van der Waals surface area contributed by atoms with Gasteiger partial charge in [-0.3, -0.25) is 0 Å². The highest BCUT2D eigenvalue weighted by atomic mass is 15.0. The number of allylic oxidation sites excluding steroid dienone is 9. The van der Waals surface area contributed by atoms with Gasteiger partial charge in [0.25, 0.3) is 0 Å². The summed E-state index contributed by atoms with van der Waals surface area (Å²) in [4.78, 5) is 15.3. The molecule has 0 saturated carbocycles. The first kappa shape index (κ1) is 34.1. The van der Waals surface area contributed by atoms with E-state index in [1.165, 1.54) is 66.1 Å².